The summed E-state index contributed by atoms with van der Waals surface area (Å²) in [5.74, 6) is 4.05. The van der Waals surface area contributed by atoms with Crippen molar-refractivity contribution in [2.45, 2.75) is 183 Å². The first-order valence-corrected chi connectivity index (χ1v) is 22.1. The van der Waals surface area contributed by atoms with Crippen LogP contribution in [0.1, 0.15) is 196 Å². The minimum absolute atomic E-state index is 0.223. The average molecular weight is 733 g/mol. The molecule has 1 aliphatic rings. The van der Waals surface area contributed by atoms with Gasteiger partial charge in [-0.05, 0) is 166 Å². The third kappa shape index (κ3) is 13.6. The summed E-state index contributed by atoms with van der Waals surface area (Å²) in [5.41, 5.74) is 12.1. The number of hydrogen-bond donors (Lipinski definition) is 0. The molecule has 3 aromatic carbocycles. The van der Waals surface area contributed by atoms with Gasteiger partial charge in [0.25, 0.3) is 0 Å². The van der Waals surface area contributed by atoms with E-state index in [0.717, 1.165) is 54.6 Å². The van der Waals surface area contributed by atoms with Crippen LogP contribution in [-0.2, 0) is 17.6 Å². The molecule has 2 heteroatoms. The zero-order valence-corrected chi connectivity index (χ0v) is 36.0. The first-order chi connectivity index (χ1) is 26.0. The summed E-state index contributed by atoms with van der Waals surface area (Å²) >= 11 is 0. The van der Waals surface area contributed by atoms with Gasteiger partial charge in [-0.2, -0.15) is 0 Å². The SMILES string of the molecule is CCCCC[C@@H](CC)CCC(C)c1ccc(OC(=O)/C(C)=C(\C)CCCC(C)CCc2cccc(Cc3ccc(C4CCC(C)CC4)cc3C)c2C)cc1. The van der Waals surface area contributed by atoms with E-state index in [-0.39, 0.29) is 5.97 Å². The van der Waals surface area contributed by atoms with Crippen LogP contribution in [0.5, 0.6) is 5.75 Å². The first kappa shape index (κ1) is 43.6. The molecule has 0 radical (unpaired) electrons. The van der Waals surface area contributed by atoms with Crippen LogP contribution in [0.15, 0.2) is 71.8 Å². The van der Waals surface area contributed by atoms with Crippen LogP contribution in [-0.4, -0.2) is 5.97 Å². The van der Waals surface area contributed by atoms with Crippen LogP contribution in [0.25, 0.3) is 0 Å². The maximum Gasteiger partial charge on any atom is 0.339 e. The van der Waals surface area contributed by atoms with Crippen molar-refractivity contribution in [1.82, 2.24) is 0 Å². The Hall–Kier alpha value is -3.13. The van der Waals surface area contributed by atoms with Crippen molar-refractivity contribution in [2.75, 3.05) is 0 Å². The number of rotatable bonds is 21. The van der Waals surface area contributed by atoms with E-state index >= 15 is 0 Å². The number of ether oxygens (including phenoxy) is 1. The maximum absolute atomic E-state index is 13.1. The lowest BCUT2D eigenvalue weighted by Gasteiger charge is -2.27. The second kappa shape index (κ2) is 22.4. The van der Waals surface area contributed by atoms with Crippen LogP contribution in [0.4, 0.5) is 0 Å². The lowest BCUT2D eigenvalue weighted by Crippen LogP contribution is -2.11. The number of hydrogen-bond acceptors (Lipinski definition) is 2. The molecule has 1 aliphatic carbocycles. The molecule has 4 rings (SSSR count). The number of allylic oxidation sites excluding steroid dienone is 1. The fourth-order valence-corrected chi connectivity index (χ4v) is 8.73. The molecule has 0 saturated heterocycles. The van der Waals surface area contributed by atoms with Gasteiger partial charge in [0.05, 0.1) is 0 Å². The molecule has 0 aromatic heterocycles. The third-order valence-electron chi connectivity index (χ3n) is 13.4. The molecular formula is C52H76O2. The van der Waals surface area contributed by atoms with Crippen molar-refractivity contribution in [2.24, 2.45) is 17.8 Å². The molecule has 0 amide bonds. The predicted molar refractivity (Wildman–Crippen MR) is 233 cm³/mol. The van der Waals surface area contributed by atoms with Crippen LogP contribution >= 0.6 is 0 Å². The van der Waals surface area contributed by atoms with E-state index in [0.29, 0.717) is 17.6 Å². The highest BCUT2D eigenvalue weighted by Gasteiger charge is 2.20. The minimum atomic E-state index is -0.223. The molecule has 0 heterocycles. The zero-order chi connectivity index (χ0) is 39.0. The van der Waals surface area contributed by atoms with Gasteiger partial charge in [-0.3, -0.25) is 0 Å². The number of carbonyl (C=O) groups excluding carboxylic acids is 1. The highest BCUT2D eigenvalue weighted by Crippen LogP contribution is 2.36. The topological polar surface area (TPSA) is 26.3 Å². The molecule has 296 valence electrons. The Balaban J connectivity index is 1.19. The summed E-state index contributed by atoms with van der Waals surface area (Å²) in [4.78, 5) is 13.1. The van der Waals surface area contributed by atoms with E-state index in [2.05, 4.69) is 104 Å². The molecule has 0 bridgehead atoms. The summed E-state index contributed by atoms with van der Waals surface area (Å²) in [5, 5.41) is 0. The second-order valence-corrected chi connectivity index (χ2v) is 17.7. The van der Waals surface area contributed by atoms with Gasteiger partial charge in [0.1, 0.15) is 5.75 Å². The molecule has 3 atom stereocenters. The third-order valence-corrected chi connectivity index (χ3v) is 13.4. The van der Waals surface area contributed by atoms with E-state index in [1.807, 2.05) is 19.1 Å². The Morgan fingerprint density at radius 3 is 2.19 bits per heavy atom. The van der Waals surface area contributed by atoms with Crippen molar-refractivity contribution in [3.05, 3.63) is 111 Å². The number of esters is 1. The second-order valence-electron chi connectivity index (χ2n) is 17.7. The molecule has 1 fully saturated rings. The van der Waals surface area contributed by atoms with Crippen LogP contribution in [0.2, 0.25) is 0 Å². The Morgan fingerprint density at radius 2 is 1.50 bits per heavy atom. The van der Waals surface area contributed by atoms with Gasteiger partial charge in [-0.1, -0.05) is 140 Å². The Kier molecular flexibility index (Phi) is 18.1. The van der Waals surface area contributed by atoms with E-state index in [1.54, 1.807) is 5.56 Å². The standard InChI is InChI=1S/C52H76O2/c1-10-12-13-18-44(11-2)25-24-40(6)45-31-33-51(34-32-45)54-52(53)42(8)39(5)17-14-16-37(3)21-26-46-19-15-20-49(43(46)9)36-48-29-30-50(35-41(48)7)47-27-22-38(4)23-28-47/h15,19-20,29-35,37-38,40,44,47H,10-14,16-18,21-28,36H2,1-9H3/b42-39+/t37?,38?,40?,44-,47?/m1/s1. The van der Waals surface area contributed by atoms with Gasteiger partial charge in [-0.15, -0.1) is 0 Å². The Bertz CT molecular complexity index is 1600. The molecule has 0 spiro atoms. The molecular weight excluding hydrogens is 657 g/mol. The van der Waals surface area contributed by atoms with Crippen LogP contribution in [0.3, 0.4) is 0 Å². The summed E-state index contributed by atoms with van der Waals surface area (Å²) in [6.07, 6.45) is 21.1. The maximum atomic E-state index is 13.1. The summed E-state index contributed by atoms with van der Waals surface area (Å²) in [6, 6.07) is 22.5. The van der Waals surface area contributed by atoms with Gasteiger partial charge < -0.3 is 4.74 Å². The zero-order valence-electron chi connectivity index (χ0n) is 36.0. The fourth-order valence-electron chi connectivity index (χ4n) is 8.73. The minimum Gasteiger partial charge on any atom is -0.423 e. The molecule has 54 heavy (non-hydrogen) atoms. The summed E-state index contributed by atoms with van der Waals surface area (Å²) < 4.78 is 5.82. The largest absolute Gasteiger partial charge is 0.423 e. The highest BCUT2D eigenvalue weighted by molar-refractivity contribution is 5.90. The number of carbonyl (C=O) groups is 1. The summed E-state index contributed by atoms with van der Waals surface area (Å²) in [6.45, 7) is 20.4. The van der Waals surface area contributed by atoms with Crippen molar-refractivity contribution < 1.29 is 9.53 Å². The smallest absolute Gasteiger partial charge is 0.339 e. The van der Waals surface area contributed by atoms with E-state index < -0.39 is 0 Å². The number of benzene rings is 3. The van der Waals surface area contributed by atoms with Crippen molar-refractivity contribution in [3.8, 4) is 5.75 Å². The molecule has 2 unspecified atom stereocenters. The Labute approximate surface area is 332 Å². The molecule has 0 aliphatic heterocycles. The van der Waals surface area contributed by atoms with Crippen LogP contribution < -0.4 is 4.74 Å². The van der Waals surface area contributed by atoms with Gasteiger partial charge in [0, 0.05) is 5.57 Å². The summed E-state index contributed by atoms with van der Waals surface area (Å²) in [7, 11) is 0. The molecule has 0 N–H and O–H groups in total. The van der Waals surface area contributed by atoms with Gasteiger partial charge >= 0.3 is 5.97 Å². The molecule has 3 aromatic rings. The monoisotopic (exact) mass is 733 g/mol. The number of unbranched alkanes of at least 4 members (excludes halogenated alkanes) is 2. The van der Waals surface area contributed by atoms with E-state index in [1.165, 1.54) is 117 Å². The number of aryl methyl sites for hydroxylation is 2. The first-order valence-electron chi connectivity index (χ1n) is 22.1. The quantitative estimate of drug-likeness (QED) is 0.0472. The van der Waals surface area contributed by atoms with Gasteiger partial charge in [0.2, 0.25) is 0 Å². The van der Waals surface area contributed by atoms with Crippen molar-refractivity contribution in [3.63, 3.8) is 0 Å². The van der Waals surface area contributed by atoms with Crippen molar-refractivity contribution >= 4 is 5.97 Å². The lowest BCUT2D eigenvalue weighted by molar-refractivity contribution is -0.130. The van der Waals surface area contributed by atoms with Crippen LogP contribution in [0, 0.1) is 31.6 Å². The Morgan fingerprint density at radius 1 is 0.778 bits per heavy atom. The van der Waals surface area contributed by atoms with Gasteiger partial charge in [-0.25, -0.2) is 4.79 Å². The van der Waals surface area contributed by atoms with E-state index in [9.17, 15) is 4.79 Å². The molecule has 1 saturated carbocycles. The van der Waals surface area contributed by atoms with Gasteiger partial charge in [0.15, 0.2) is 0 Å². The fraction of sp³-hybridized carbons (Fsp3) is 0.596. The average Bonchev–Trinajstić information content (AvgIpc) is 3.17. The predicted octanol–water partition coefficient (Wildman–Crippen LogP) is 15.4. The lowest BCUT2D eigenvalue weighted by atomic mass is 9.79. The van der Waals surface area contributed by atoms with E-state index in [4.69, 9.17) is 4.74 Å². The normalized spacial score (nSPS) is 18.2. The van der Waals surface area contributed by atoms with Crippen molar-refractivity contribution in [1.29, 1.82) is 0 Å². The highest BCUT2D eigenvalue weighted by atomic mass is 16.5. The molecule has 2 nitrogen and oxygen atoms in total.